The normalized spacial score (nSPS) is 18.2. The van der Waals surface area contributed by atoms with Gasteiger partial charge in [0, 0.05) is 43.9 Å². The predicted octanol–water partition coefficient (Wildman–Crippen LogP) is 3.00. The van der Waals surface area contributed by atoms with Crippen LogP contribution in [0.25, 0.3) is 10.9 Å². The van der Waals surface area contributed by atoms with Crippen molar-refractivity contribution >= 4 is 28.6 Å². The van der Waals surface area contributed by atoms with Gasteiger partial charge in [-0.05, 0) is 43.6 Å². The first kappa shape index (κ1) is 23.4. The van der Waals surface area contributed by atoms with Crippen molar-refractivity contribution in [3.63, 3.8) is 0 Å². The van der Waals surface area contributed by atoms with Crippen LogP contribution in [0.5, 0.6) is 11.5 Å². The zero-order valence-electron chi connectivity index (χ0n) is 19.6. The van der Waals surface area contributed by atoms with E-state index in [9.17, 15) is 8.78 Å². The molecule has 11 nitrogen and oxygen atoms in total. The van der Waals surface area contributed by atoms with E-state index in [0.29, 0.717) is 40.8 Å². The lowest BCUT2D eigenvalue weighted by Gasteiger charge is -2.32. The minimum Gasteiger partial charge on any atom is -0.493 e. The number of methoxy groups -OCH3 is 1. The first-order chi connectivity index (χ1) is 17.0. The number of aromatic nitrogens is 6. The van der Waals surface area contributed by atoms with Crippen molar-refractivity contribution < 1.29 is 18.3 Å². The standard InChI is InChI=1S/C22H29F2N9O2/c1-34-17-13-15-16(14-18(17)35-12-4-9-32-7-2-3-8-32)25-21(33-10-5-22(23,24)6-11-33)27-19(15)26-20-28-30-31-29-20/h13-14H,2-12H2,1H3,(H2,25,26,27,28,29,30,31). The highest BCUT2D eigenvalue weighted by Crippen LogP contribution is 2.37. The van der Waals surface area contributed by atoms with Crippen LogP contribution in [0.1, 0.15) is 32.1 Å². The summed E-state index contributed by atoms with van der Waals surface area (Å²) in [6, 6.07) is 3.59. The summed E-state index contributed by atoms with van der Waals surface area (Å²) in [5.41, 5.74) is 0.591. The second-order valence-electron chi connectivity index (χ2n) is 8.85. The zero-order valence-corrected chi connectivity index (χ0v) is 19.6. The Hall–Kier alpha value is -3.35. The summed E-state index contributed by atoms with van der Waals surface area (Å²) in [5.74, 6) is -0.553. The van der Waals surface area contributed by atoms with Crippen LogP contribution in [0.2, 0.25) is 0 Å². The van der Waals surface area contributed by atoms with Gasteiger partial charge in [-0.15, -0.1) is 5.10 Å². The number of benzene rings is 1. The number of likely N-dealkylation sites (tertiary alicyclic amines) is 1. The SMILES string of the molecule is COc1cc2c(Nc3nn[nH]n3)nc(N3CCC(F)(F)CC3)nc2cc1OCCCN1CCCC1. The lowest BCUT2D eigenvalue weighted by molar-refractivity contribution is -0.0222. The van der Waals surface area contributed by atoms with Gasteiger partial charge in [0.2, 0.25) is 5.95 Å². The number of nitrogens with one attached hydrogen (secondary N) is 2. The molecule has 5 rings (SSSR count). The molecule has 13 heteroatoms. The molecule has 0 radical (unpaired) electrons. The van der Waals surface area contributed by atoms with Crippen molar-refractivity contribution in [1.82, 2.24) is 35.5 Å². The van der Waals surface area contributed by atoms with Gasteiger partial charge in [-0.3, -0.25) is 0 Å². The highest BCUT2D eigenvalue weighted by molar-refractivity contribution is 5.93. The van der Waals surface area contributed by atoms with Crippen LogP contribution in [-0.4, -0.2) is 87.9 Å². The summed E-state index contributed by atoms with van der Waals surface area (Å²) in [6.07, 6.45) is 2.95. The van der Waals surface area contributed by atoms with Gasteiger partial charge in [0.15, 0.2) is 11.5 Å². The first-order valence-electron chi connectivity index (χ1n) is 11.9. The highest BCUT2D eigenvalue weighted by Gasteiger charge is 2.35. The number of aromatic amines is 1. The molecular formula is C22H29F2N9O2. The van der Waals surface area contributed by atoms with Crippen molar-refractivity contribution in [2.75, 3.05) is 56.7 Å². The molecule has 0 spiro atoms. The second-order valence-corrected chi connectivity index (χ2v) is 8.85. The Morgan fingerprint density at radius 1 is 1.09 bits per heavy atom. The molecule has 2 aliphatic rings. The summed E-state index contributed by atoms with van der Waals surface area (Å²) in [5, 5.41) is 17.5. The van der Waals surface area contributed by atoms with Gasteiger partial charge in [-0.1, -0.05) is 5.10 Å². The zero-order chi connectivity index (χ0) is 24.3. The molecule has 3 aromatic rings. The van der Waals surface area contributed by atoms with Crippen LogP contribution in [0, 0.1) is 0 Å². The minimum absolute atomic E-state index is 0.163. The summed E-state index contributed by atoms with van der Waals surface area (Å²) in [7, 11) is 1.58. The number of piperidine rings is 1. The van der Waals surface area contributed by atoms with Gasteiger partial charge in [0.1, 0.15) is 5.82 Å². The van der Waals surface area contributed by atoms with Gasteiger partial charge in [-0.2, -0.15) is 10.2 Å². The largest absolute Gasteiger partial charge is 0.493 e. The smallest absolute Gasteiger partial charge is 0.268 e. The molecule has 2 saturated heterocycles. The van der Waals surface area contributed by atoms with E-state index in [-0.39, 0.29) is 31.9 Å². The maximum Gasteiger partial charge on any atom is 0.268 e. The molecule has 35 heavy (non-hydrogen) atoms. The van der Waals surface area contributed by atoms with Crippen molar-refractivity contribution in [3.8, 4) is 11.5 Å². The monoisotopic (exact) mass is 489 g/mol. The molecule has 4 heterocycles. The fourth-order valence-electron chi connectivity index (χ4n) is 4.46. The van der Waals surface area contributed by atoms with E-state index in [1.54, 1.807) is 24.1 Å². The third-order valence-corrected chi connectivity index (χ3v) is 6.40. The third kappa shape index (κ3) is 5.50. The molecule has 2 aliphatic heterocycles. The molecule has 2 aromatic heterocycles. The van der Waals surface area contributed by atoms with E-state index < -0.39 is 5.92 Å². The number of anilines is 3. The Morgan fingerprint density at radius 2 is 1.89 bits per heavy atom. The molecule has 0 amide bonds. The van der Waals surface area contributed by atoms with Crippen LogP contribution in [0.15, 0.2) is 12.1 Å². The van der Waals surface area contributed by atoms with Crippen LogP contribution in [0.3, 0.4) is 0 Å². The number of hydrogen-bond donors (Lipinski definition) is 2. The predicted molar refractivity (Wildman–Crippen MR) is 126 cm³/mol. The summed E-state index contributed by atoms with van der Waals surface area (Å²) in [4.78, 5) is 13.5. The summed E-state index contributed by atoms with van der Waals surface area (Å²) in [6.45, 7) is 4.17. The third-order valence-electron chi connectivity index (χ3n) is 6.40. The molecular weight excluding hydrogens is 460 g/mol. The topological polar surface area (TPSA) is 117 Å². The average molecular weight is 490 g/mol. The first-order valence-corrected chi connectivity index (χ1v) is 11.9. The van der Waals surface area contributed by atoms with E-state index in [2.05, 4.69) is 40.8 Å². The van der Waals surface area contributed by atoms with E-state index in [1.807, 2.05) is 0 Å². The number of nitrogens with zero attached hydrogens (tertiary/aromatic N) is 7. The van der Waals surface area contributed by atoms with Crippen molar-refractivity contribution in [2.24, 2.45) is 0 Å². The van der Waals surface area contributed by atoms with Crippen LogP contribution < -0.4 is 19.7 Å². The number of hydrogen-bond acceptors (Lipinski definition) is 10. The number of tetrazole rings is 1. The highest BCUT2D eigenvalue weighted by atomic mass is 19.3. The van der Waals surface area contributed by atoms with Gasteiger partial charge in [0.05, 0.1) is 19.2 Å². The maximum atomic E-state index is 13.7. The fourth-order valence-corrected chi connectivity index (χ4v) is 4.46. The quantitative estimate of drug-likeness (QED) is 0.434. The summed E-state index contributed by atoms with van der Waals surface area (Å²) >= 11 is 0. The van der Waals surface area contributed by atoms with Crippen LogP contribution in [-0.2, 0) is 0 Å². The second kappa shape index (κ2) is 10.1. The van der Waals surface area contributed by atoms with E-state index in [1.165, 1.54) is 12.8 Å². The number of H-pyrrole nitrogens is 1. The Bertz CT molecular complexity index is 1130. The van der Waals surface area contributed by atoms with Gasteiger partial charge >= 0.3 is 0 Å². The van der Waals surface area contributed by atoms with Gasteiger partial charge in [0.25, 0.3) is 11.9 Å². The van der Waals surface area contributed by atoms with Crippen LogP contribution in [0.4, 0.5) is 26.5 Å². The van der Waals surface area contributed by atoms with Gasteiger partial charge in [-0.25, -0.2) is 13.8 Å². The molecule has 0 saturated carbocycles. The Morgan fingerprint density at radius 3 is 2.60 bits per heavy atom. The molecule has 2 fully saturated rings. The van der Waals surface area contributed by atoms with Crippen LogP contribution >= 0.6 is 0 Å². The average Bonchev–Trinajstić information content (AvgIpc) is 3.56. The van der Waals surface area contributed by atoms with Crippen molar-refractivity contribution in [2.45, 2.75) is 38.0 Å². The molecule has 0 aliphatic carbocycles. The lowest BCUT2D eigenvalue weighted by Crippen LogP contribution is -2.40. The van der Waals surface area contributed by atoms with E-state index >= 15 is 0 Å². The van der Waals surface area contributed by atoms with Crippen molar-refractivity contribution in [1.29, 1.82) is 0 Å². The molecule has 0 bridgehead atoms. The number of rotatable bonds is 9. The summed E-state index contributed by atoms with van der Waals surface area (Å²) < 4.78 is 39.1. The molecule has 2 N–H and O–H groups in total. The van der Waals surface area contributed by atoms with Gasteiger partial charge < -0.3 is 24.6 Å². The Balaban J connectivity index is 1.42. The number of fused-ring (bicyclic) bond motifs is 1. The Kier molecular flexibility index (Phi) is 6.75. The maximum absolute atomic E-state index is 13.7. The molecule has 0 atom stereocenters. The number of ether oxygens (including phenoxy) is 2. The fraction of sp³-hybridized carbons (Fsp3) is 0.591. The number of halogens is 2. The minimum atomic E-state index is -2.66. The van der Waals surface area contributed by atoms with E-state index in [4.69, 9.17) is 9.47 Å². The molecule has 0 unspecified atom stereocenters. The van der Waals surface area contributed by atoms with E-state index in [0.717, 1.165) is 26.1 Å². The molecule has 188 valence electrons. The molecule has 1 aromatic carbocycles. The number of alkyl halides is 2. The Labute approximate surface area is 201 Å². The lowest BCUT2D eigenvalue weighted by atomic mass is 10.1. The van der Waals surface area contributed by atoms with Crippen molar-refractivity contribution in [3.05, 3.63) is 12.1 Å².